The van der Waals surface area contributed by atoms with Crippen LogP contribution < -0.4 is 5.32 Å². The minimum absolute atomic E-state index is 0.0395. The minimum atomic E-state index is -0.854. The van der Waals surface area contributed by atoms with Crippen molar-refractivity contribution >= 4 is 29.3 Å². The molecule has 2 atom stereocenters. The van der Waals surface area contributed by atoms with Crippen LogP contribution in [0.15, 0.2) is 42.5 Å². The molecule has 2 aromatic rings. The highest BCUT2D eigenvalue weighted by Gasteiger charge is 2.44. The van der Waals surface area contributed by atoms with Crippen LogP contribution in [0.4, 0.5) is 8.78 Å². The molecule has 0 bridgehead atoms. The Morgan fingerprint density at radius 3 is 2.40 bits per heavy atom. The number of hydrogen-bond donors (Lipinski definition) is 1. The largest absolute Gasteiger partial charge is 0.342 e. The lowest BCUT2D eigenvalue weighted by molar-refractivity contribution is -0.152. The predicted molar refractivity (Wildman–Crippen MR) is 105 cm³/mol. The minimum Gasteiger partial charge on any atom is -0.342 e. The highest BCUT2D eigenvalue weighted by atomic mass is 35.5. The average molecular weight is 434 g/mol. The third-order valence-corrected chi connectivity index (χ3v) is 5.58. The smallest absolute Gasteiger partial charge is 0.254 e. The maximum absolute atomic E-state index is 13.4. The maximum atomic E-state index is 13.4. The van der Waals surface area contributed by atoms with Crippen molar-refractivity contribution in [3.05, 3.63) is 70.2 Å². The number of benzene rings is 2. The fourth-order valence-corrected chi connectivity index (χ4v) is 3.97. The first-order chi connectivity index (χ1) is 14.3. The molecule has 2 aliphatic heterocycles. The molecule has 3 amide bonds. The predicted octanol–water partition coefficient (Wildman–Crippen LogP) is 2.01. The van der Waals surface area contributed by atoms with E-state index >= 15 is 0 Å². The Bertz CT molecular complexity index is 995. The number of carbonyl (C=O) groups is 3. The van der Waals surface area contributed by atoms with Crippen LogP contribution in [0.5, 0.6) is 0 Å². The monoisotopic (exact) mass is 433 g/mol. The molecule has 2 aliphatic rings. The number of halogens is 3. The van der Waals surface area contributed by atoms with Crippen molar-refractivity contribution in [2.45, 2.75) is 18.5 Å². The molecular weight excluding hydrogens is 416 g/mol. The van der Waals surface area contributed by atoms with Gasteiger partial charge in [-0.25, -0.2) is 8.78 Å². The summed E-state index contributed by atoms with van der Waals surface area (Å²) in [7, 11) is 0. The fourth-order valence-electron chi connectivity index (χ4n) is 3.84. The lowest BCUT2D eigenvalue weighted by Crippen LogP contribution is -2.70. The van der Waals surface area contributed by atoms with E-state index in [0.29, 0.717) is 17.5 Å². The number of nitrogens with zero attached hydrogens (tertiary/aromatic N) is 2. The van der Waals surface area contributed by atoms with Gasteiger partial charge in [0.15, 0.2) is 0 Å². The second-order valence-corrected chi connectivity index (χ2v) is 7.78. The van der Waals surface area contributed by atoms with E-state index in [-0.39, 0.29) is 37.0 Å². The van der Waals surface area contributed by atoms with E-state index in [1.165, 1.54) is 9.80 Å². The van der Waals surface area contributed by atoms with Gasteiger partial charge >= 0.3 is 0 Å². The number of amides is 3. The van der Waals surface area contributed by atoms with E-state index in [1.54, 1.807) is 24.3 Å². The van der Waals surface area contributed by atoms with Gasteiger partial charge in [-0.15, -0.1) is 0 Å². The molecule has 1 N–H and O–H groups in total. The molecule has 0 aliphatic carbocycles. The molecule has 0 saturated carbocycles. The average Bonchev–Trinajstić information content (AvgIpc) is 2.72. The van der Waals surface area contributed by atoms with Crippen molar-refractivity contribution < 1.29 is 23.2 Å². The summed E-state index contributed by atoms with van der Waals surface area (Å²) in [5, 5.41) is 3.31. The van der Waals surface area contributed by atoms with Gasteiger partial charge in [-0.05, 0) is 29.8 Å². The first-order valence-corrected chi connectivity index (χ1v) is 9.80. The van der Waals surface area contributed by atoms with E-state index in [2.05, 4.69) is 5.32 Å². The molecule has 9 heteroatoms. The molecule has 2 saturated heterocycles. The van der Waals surface area contributed by atoms with E-state index in [0.717, 1.165) is 17.7 Å². The molecular formula is C21H18ClF2N3O3. The van der Waals surface area contributed by atoms with Gasteiger partial charge in [-0.3, -0.25) is 14.4 Å². The van der Waals surface area contributed by atoms with Crippen LogP contribution in [-0.4, -0.2) is 59.2 Å². The normalized spacial score (nSPS) is 21.3. The van der Waals surface area contributed by atoms with Crippen LogP contribution in [0.2, 0.25) is 5.02 Å². The Balaban J connectivity index is 1.46. The van der Waals surface area contributed by atoms with E-state index in [1.807, 2.05) is 0 Å². The van der Waals surface area contributed by atoms with Crippen LogP contribution in [0.3, 0.4) is 0 Å². The van der Waals surface area contributed by atoms with Gasteiger partial charge < -0.3 is 15.1 Å². The van der Waals surface area contributed by atoms with Gasteiger partial charge in [-0.2, -0.15) is 0 Å². The highest BCUT2D eigenvalue weighted by molar-refractivity contribution is 6.30. The van der Waals surface area contributed by atoms with Crippen molar-refractivity contribution in [2.24, 2.45) is 0 Å². The van der Waals surface area contributed by atoms with Crippen LogP contribution in [-0.2, 0) is 16.0 Å². The number of nitrogens with one attached hydrogen (secondary N) is 1. The summed E-state index contributed by atoms with van der Waals surface area (Å²) in [5.41, 5.74) is 0.725. The van der Waals surface area contributed by atoms with Crippen LogP contribution in [0, 0.1) is 11.6 Å². The standard InChI is InChI=1S/C21H18ClF2N3O3/c22-14-3-1-12(2-4-14)7-17-21(30)27-6-5-26(11-18(27)19(28)25-17)20(29)13-8-15(23)10-16(24)9-13/h1-4,8-10,17-18H,5-7,11H2,(H,25,28)/t17-,18+/m0/s1. The quantitative estimate of drug-likeness (QED) is 0.805. The highest BCUT2D eigenvalue weighted by Crippen LogP contribution is 2.21. The van der Waals surface area contributed by atoms with Gasteiger partial charge in [0.25, 0.3) is 5.91 Å². The maximum Gasteiger partial charge on any atom is 0.254 e. The molecule has 4 rings (SSSR count). The Labute approximate surface area is 176 Å². The summed E-state index contributed by atoms with van der Waals surface area (Å²) in [6.45, 7) is 0.292. The van der Waals surface area contributed by atoms with Crippen LogP contribution in [0.25, 0.3) is 0 Å². The zero-order valence-electron chi connectivity index (χ0n) is 15.8. The van der Waals surface area contributed by atoms with Crippen molar-refractivity contribution in [3.8, 4) is 0 Å². The fraction of sp³-hybridized carbons (Fsp3) is 0.286. The number of fused-ring (bicyclic) bond motifs is 1. The third kappa shape index (κ3) is 4.00. The molecule has 30 heavy (non-hydrogen) atoms. The Kier molecular flexibility index (Phi) is 5.42. The van der Waals surface area contributed by atoms with E-state index in [9.17, 15) is 23.2 Å². The Morgan fingerprint density at radius 2 is 1.73 bits per heavy atom. The molecule has 156 valence electrons. The second-order valence-electron chi connectivity index (χ2n) is 7.35. The van der Waals surface area contributed by atoms with Crippen LogP contribution >= 0.6 is 11.6 Å². The summed E-state index contributed by atoms with van der Waals surface area (Å²) in [4.78, 5) is 41.0. The van der Waals surface area contributed by atoms with E-state index < -0.39 is 29.6 Å². The summed E-state index contributed by atoms with van der Waals surface area (Å²) >= 11 is 5.88. The lowest BCUT2D eigenvalue weighted by Gasteiger charge is -2.45. The number of hydrogen-bond acceptors (Lipinski definition) is 3. The summed E-state index contributed by atoms with van der Waals surface area (Å²) in [5.74, 6) is -2.88. The van der Waals surface area contributed by atoms with Gasteiger partial charge in [0, 0.05) is 36.2 Å². The molecule has 0 radical (unpaired) electrons. The molecule has 0 aromatic heterocycles. The molecule has 0 spiro atoms. The SMILES string of the molecule is O=C1N[C@@H](Cc2ccc(Cl)cc2)C(=O)N2CCN(C(=O)c3cc(F)cc(F)c3)C[C@H]12. The van der Waals surface area contributed by atoms with E-state index in [4.69, 9.17) is 11.6 Å². The van der Waals surface area contributed by atoms with Crippen LogP contribution in [0.1, 0.15) is 15.9 Å². The molecule has 2 aromatic carbocycles. The van der Waals surface area contributed by atoms with Crippen molar-refractivity contribution in [2.75, 3.05) is 19.6 Å². The third-order valence-electron chi connectivity index (χ3n) is 5.33. The lowest BCUT2D eigenvalue weighted by atomic mass is 9.98. The first kappa shape index (κ1) is 20.3. The zero-order chi connectivity index (χ0) is 21.4. The molecule has 2 heterocycles. The first-order valence-electron chi connectivity index (χ1n) is 9.42. The van der Waals surface area contributed by atoms with Crippen molar-refractivity contribution in [1.82, 2.24) is 15.1 Å². The van der Waals surface area contributed by atoms with Crippen molar-refractivity contribution in [3.63, 3.8) is 0 Å². The van der Waals surface area contributed by atoms with Gasteiger partial charge in [0.2, 0.25) is 11.8 Å². The Morgan fingerprint density at radius 1 is 1.07 bits per heavy atom. The number of carbonyl (C=O) groups excluding carboxylic acids is 3. The van der Waals surface area contributed by atoms with Gasteiger partial charge in [0.1, 0.15) is 23.7 Å². The Hall–Kier alpha value is -3.00. The topological polar surface area (TPSA) is 69.7 Å². The summed E-state index contributed by atoms with van der Waals surface area (Å²) < 4.78 is 26.9. The second kappa shape index (κ2) is 8.02. The zero-order valence-corrected chi connectivity index (χ0v) is 16.5. The van der Waals surface area contributed by atoms with Gasteiger partial charge in [-0.1, -0.05) is 23.7 Å². The summed E-state index contributed by atoms with van der Waals surface area (Å²) in [6.07, 6.45) is 0.330. The van der Waals surface area contributed by atoms with Gasteiger partial charge in [0.05, 0.1) is 6.54 Å². The number of piperazine rings is 2. The molecule has 0 unspecified atom stereocenters. The molecule has 6 nitrogen and oxygen atoms in total. The van der Waals surface area contributed by atoms with Crippen molar-refractivity contribution in [1.29, 1.82) is 0 Å². The number of rotatable bonds is 3. The summed E-state index contributed by atoms with van der Waals surface area (Å²) in [6, 6.07) is 8.07. The molecule has 2 fully saturated rings.